The Labute approximate surface area is 122 Å². The lowest BCUT2D eigenvalue weighted by atomic mass is 9.80. The number of hydrogen-bond donors (Lipinski definition) is 2. The van der Waals surface area contributed by atoms with Crippen LogP contribution in [0.15, 0.2) is 0 Å². The third-order valence-electron chi connectivity index (χ3n) is 5.04. The van der Waals surface area contributed by atoms with Crippen LogP contribution in [0.1, 0.15) is 58.3 Å². The Morgan fingerprint density at radius 2 is 2.10 bits per heavy atom. The highest BCUT2D eigenvalue weighted by atomic mass is 16.3. The van der Waals surface area contributed by atoms with Crippen LogP contribution in [0, 0.1) is 5.41 Å². The quantitative estimate of drug-likeness (QED) is 0.782. The molecule has 0 radical (unpaired) electrons. The van der Waals surface area contributed by atoms with Crippen molar-refractivity contribution in [2.24, 2.45) is 5.41 Å². The Morgan fingerprint density at radius 1 is 1.35 bits per heavy atom. The fourth-order valence-electron chi connectivity index (χ4n) is 3.98. The lowest BCUT2D eigenvalue weighted by Gasteiger charge is -2.40. The second-order valence-corrected chi connectivity index (χ2v) is 6.47. The monoisotopic (exact) mass is 282 g/mol. The molecule has 1 atom stereocenters. The second-order valence-electron chi connectivity index (χ2n) is 6.47. The number of carbonyl (C=O) groups excluding carboxylic acids is 1. The number of aliphatic hydroxyl groups is 1. The number of rotatable bonds is 6. The highest BCUT2D eigenvalue weighted by Gasteiger charge is 2.44. The maximum atomic E-state index is 13.1. The molecular formula is C16H30N2O2. The van der Waals surface area contributed by atoms with E-state index in [1.165, 1.54) is 19.3 Å². The van der Waals surface area contributed by atoms with Crippen LogP contribution in [0.3, 0.4) is 0 Å². The zero-order valence-corrected chi connectivity index (χ0v) is 12.9. The molecule has 1 saturated heterocycles. The van der Waals surface area contributed by atoms with E-state index in [0.717, 1.165) is 45.2 Å². The molecule has 0 spiro atoms. The lowest BCUT2D eigenvalue weighted by Crippen LogP contribution is -2.51. The molecule has 1 amide bonds. The molecule has 1 unspecified atom stereocenters. The van der Waals surface area contributed by atoms with Gasteiger partial charge in [0.25, 0.3) is 0 Å². The summed E-state index contributed by atoms with van der Waals surface area (Å²) in [7, 11) is 0. The molecule has 4 heteroatoms. The molecule has 1 aliphatic heterocycles. The SMILES string of the molecule is CCCC1(C(=O)N(CCO)C2CCCCC2)CCNC1. The van der Waals surface area contributed by atoms with Crippen molar-refractivity contribution in [3.05, 3.63) is 0 Å². The van der Waals surface area contributed by atoms with E-state index in [-0.39, 0.29) is 12.0 Å². The van der Waals surface area contributed by atoms with Gasteiger partial charge in [0.1, 0.15) is 0 Å². The Kier molecular flexibility index (Phi) is 5.85. The van der Waals surface area contributed by atoms with E-state index in [0.29, 0.717) is 18.5 Å². The molecule has 116 valence electrons. The molecule has 0 aromatic rings. The summed E-state index contributed by atoms with van der Waals surface area (Å²) in [5.41, 5.74) is -0.207. The van der Waals surface area contributed by atoms with Crippen molar-refractivity contribution in [2.45, 2.75) is 64.3 Å². The predicted octanol–water partition coefficient (Wildman–Crippen LogP) is 1.92. The Balaban J connectivity index is 2.11. The van der Waals surface area contributed by atoms with E-state index in [4.69, 9.17) is 0 Å². The van der Waals surface area contributed by atoms with E-state index in [1.54, 1.807) is 0 Å². The van der Waals surface area contributed by atoms with Crippen LogP contribution in [0.2, 0.25) is 0 Å². The topological polar surface area (TPSA) is 52.6 Å². The molecule has 1 saturated carbocycles. The molecule has 1 aliphatic carbocycles. The number of amides is 1. The van der Waals surface area contributed by atoms with E-state index < -0.39 is 0 Å². The zero-order valence-electron chi connectivity index (χ0n) is 12.9. The third-order valence-corrected chi connectivity index (χ3v) is 5.04. The highest BCUT2D eigenvalue weighted by Crippen LogP contribution is 2.35. The van der Waals surface area contributed by atoms with Gasteiger partial charge in [0, 0.05) is 19.1 Å². The first-order valence-corrected chi connectivity index (χ1v) is 8.36. The summed E-state index contributed by atoms with van der Waals surface area (Å²) in [4.78, 5) is 15.1. The molecule has 2 fully saturated rings. The summed E-state index contributed by atoms with van der Waals surface area (Å²) in [6, 6.07) is 0.359. The summed E-state index contributed by atoms with van der Waals surface area (Å²) < 4.78 is 0. The predicted molar refractivity (Wildman–Crippen MR) is 80.5 cm³/mol. The van der Waals surface area contributed by atoms with Gasteiger partial charge in [-0.15, -0.1) is 0 Å². The summed E-state index contributed by atoms with van der Waals surface area (Å²) >= 11 is 0. The van der Waals surface area contributed by atoms with Gasteiger partial charge in [0.05, 0.1) is 12.0 Å². The van der Waals surface area contributed by atoms with Crippen molar-refractivity contribution < 1.29 is 9.90 Å². The molecule has 2 aliphatic rings. The first kappa shape index (κ1) is 15.8. The molecular weight excluding hydrogens is 252 g/mol. The van der Waals surface area contributed by atoms with Gasteiger partial charge in [0.2, 0.25) is 5.91 Å². The van der Waals surface area contributed by atoms with Crippen LogP contribution in [0.5, 0.6) is 0 Å². The molecule has 0 bridgehead atoms. The van der Waals surface area contributed by atoms with Gasteiger partial charge in [-0.3, -0.25) is 4.79 Å². The molecule has 2 rings (SSSR count). The number of carbonyl (C=O) groups is 1. The van der Waals surface area contributed by atoms with Gasteiger partial charge < -0.3 is 15.3 Å². The molecule has 1 heterocycles. The van der Waals surface area contributed by atoms with E-state index >= 15 is 0 Å². The highest BCUT2D eigenvalue weighted by molar-refractivity contribution is 5.83. The van der Waals surface area contributed by atoms with Crippen molar-refractivity contribution in [1.82, 2.24) is 10.2 Å². The molecule has 0 aromatic carbocycles. The van der Waals surface area contributed by atoms with Gasteiger partial charge in [0.15, 0.2) is 0 Å². The molecule has 4 nitrogen and oxygen atoms in total. The van der Waals surface area contributed by atoms with E-state index in [2.05, 4.69) is 12.2 Å². The third kappa shape index (κ3) is 3.34. The molecule has 2 N–H and O–H groups in total. The zero-order chi connectivity index (χ0) is 14.4. The normalized spacial score (nSPS) is 27.7. The van der Waals surface area contributed by atoms with Crippen LogP contribution in [0.4, 0.5) is 0 Å². The largest absolute Gasteiger partial charge is 0.395 e. The molecule has 0 aromatic heterocycles. The average Bonchev–Trinajstić information content (AvgIpc) is 2.95. The van der Waals surface area contributed by atoms with Crippen molar-refractivity contribution in [1.29, 1.82) is 0 Å². The van der Waals surface area contributed by atoms with Crippen LogP contribution in [0.25, 0.3) is 0 Å². The Bertz CT molecular complexity index is 308. The number of nitrogens with zero attached hydrogens (tertiary/aromatic N) is 1. The van der Waals surface area contributed by atoms with Crippen LogP contribution >= 0.6 is 0 Å². The minimum Gasteiger partial charge on any atom is -0.395 e. The Morgan fingerprint density at radius 3 is 2.65 bits per heavy atom. The summed E-state index contributed by atoms with van der Waals surface area (Å²) in [6.45, 7) is 4.51. The maximum Gasteiger partial charge on any atom is 0.230 e. The maximum absolute atomic E-state index is 13.1. The van der Waals surface area contributed by atoms with Crippen LogP contribution in [-0.4, -0.2) is 48.2 Å². The van der Waals surface area contributed by atoms with Gasteiger partial charge in [-0.05, 0) is 32.2 Å². The summed E-state index contributed by atoms with van der Waals surface area (Å²) in [5, 5.41) is 12.7. The molecule has 20 heavy (non-hydrogen) atoms. The van der Waals surface area contributed by atoms with Crippen molar-refractivity contribution in [3.63, 3.8) is 0 Å². The van der Waals surface area contributed by atoms with Crippen molar-refractivity contribution in [3.8, 4) is 0 Å². The standard InChI is InChI=1S/C16H30N2O2/c1-2-8-16(9-10-17-13-16)15(20)18(11-12-19)14-6-4-3-5-7-14/h14,17,19H,2-13H2,1H3. The fraction of sp³-hybridized carbons (Fsp3) is 0.938. The minimum atomic E-state index is -0.207. The van der Waals surface area contributed by atoms with Gasteiger partial charge in [-0.1, -0.05) is 32.6 Å². The average molecular weight is 282 g/mol. The first-order valence-electron chi connectivity index (χ1n) is 8.36. The summed E-state index contributed by atoms with van der Waals surface area (Å²) in [6.07, 6.45) is 8.92. The first-order chi connectivity index (χ1) is 9.73. The van der Waals surface area contributed by atoms with Crippen molar-refractivity contribution in [2.75, 3.05) is 26.2 Å². The number of nitrogens with one attached hydrogen (secondary N) is 1. The lowest BCUT2D eigenvalue weighted by molar-refractivity contribution is -0.145. The van der Waals surface area contributed by atoms with Crippen LogP contribution < -0.4 is 5.32 Å². The van der Waals surface area contributed by atoms with Gasteiger partial charge in [-0.2, -0.15) is 0 Å². The smallest absolute Gasteiger partial charge is 0.230 e. The van der Waals surface area contributed by atoms with E-state index in [1.807, 2.05) is 4.90 Å². The van der Waals surface area contributed by atoms with Crippen LogP contribution in [-0.2, 0) is 4.79 Å². The van der Waals surface area contributed by atoms with Gasteiger partial charge in [-0.25, -0.2) is 0 Å². The minimum absolute atomic E-state index is 0.0812. The Hall–Kier alpha value is -0.610. The number of aliphatic hydroxyl groups excluding tert-OH is 1. The second kappa shape index (κ2) is 7.41. The van der Waals surface area contributed by atoms with Gasteiger partial charge >= 0.3 is 0 Å². The summed E-state index contributed by atoms with van der Waals surface area (Å²) in [5.74, 6) is 0.297. The van der Waals surface area contributed by atoms with E-state index in [9.17, 15) is 9.90 Å². The number of hydrogen-bond acceptors (Lipinski definition) is 3. The van der Waals surface area contributed by atoms with Crippen molar-refractivity contribution >= 4 is 5.91 Å². The fourth-order valence-corrected chi connectivity index (χ4v) is 3.98.